The summed E-state index contributed by atoms with van der Waals surface area (Å²) in [6.45, 7) is 7.17. The number of hydrogen-bond donors (Lipinski definition) is 0. The van der Waals surface area contributed by atoms with Crippen LogP contribution in [0.2, 0.25) is 0 Å². The lowest BCUT2D eigenvalue weighted by Gasteiger charge is -2.30. The topological polar surface area (TPSA) is 23.8 Å². The van der Waals surface area contributed by atoms with Crippen LogP contribution in [0.3, 0.4) is 0 Å². The first-order valence-corrected chi connectivity index (χ1v) is 11.7. The number of rotatable bonds is 2. The number of hydrogen-bond acceptors (Lipinski definition) is 3. The number of aromatic nitrogens is 1. The van der Waals surface area contributed by atoms with Gasteiger partial charge in [-0.25, -0.2) is 9.38 Å². The van der Waals surface area contributed by atoms with E-state index < -0.39 is 0 Å². The van der Waals surface area contributed by atoms with Crippen LogP contribution in [0.15, 0.2) is 41.4 Å². The maximum Gasteiger partial charge on any atom is 0.125 e. The van der Waals surface area contributed by atoms with Crippen molar-refractivity contribution in [3.05, 3.63) is 59.0 Å². The molecule has 160 valence electrons. The number of likely N-dealkylation sites (tertiary alicyclic amines) is 1. The third-order valence-electron chi connectivity index (χ3n) is 7.29. The van der Waals surface area contributed by atoms with Crippen molar-refractivity contribution < 1.29 is 4.39 Å². The van der Waals surface area contributed by atoms with Crippen LogP contribution in [0, 0.1) is 5.82 Å². The fourth-order valence-electron chi connectivity index (χ4n) is 5.69. The maximum atomic E-state index is 13.9. The molecule has 0 amide bonds. The Morgan fingerprint density at radius 3 is 2.68 bits per heavy atom. The fraction of sp³-hybridized carbons (Fsp3) is 0.423. The molecule has 0 aliphatic carbocycles. The van der Waals surface area contributed by atoms with Crippen molar-refractivity contribution in [3.63, 3.8) is 0 Å². The average Bonchev–Trinajstić information content (AvgIpc) is 3.37. The maximum absolute atomic E-state index is 13.9. The Bertz CT molecular complexity index is 1190. The molecule has 0 N–H and O–H groups in total. The van der Waals surface area contributed by atoms with Gasteiger partial charge in [0.1, 0.15) is 11.7 Å². The number of amidine groups is 1. The minimum absolute atomic E-state index is 0.158. The SMILES string of the molecule is CCn1c2c(c3ccc(F)cc31)CN(c1ccc3c(c1)N=C(N1CCCCC1)C3)CC2. The van der Waals surface area contributed by atoms with Crippen molar-refractivity contribution in [1.29, 1.82) is 0 Å². The van der Waals surface area contributed by atoms with Gasteiger partial charge in [-0.3, -0.25) is 0 Å². The number of fused-ring (bicyclic) bond motifs is 4. The van der Waals surface area contributed by atoms with Crippen LogP contribution in [0.1, 0.15) is 43.0 Å². The third-order valence-corrected chi connectivity index (χ3v) is 7.29. The summed E-state index contributed by atoms with van der Waals surface area (Å²) in [7, 11) is 0. The fourth-order valence-corrected chi connectivity index (χ4v) is 5.69. The molecule has 0 bridgehead atoms. The predicted molar refractivity (Wildman–Crippen MR) is 125 cm³/mol. The van der Waals surface area contributed by atoms with Crippen molar-refractivity contribution in [2.75, 3.05) is 24.5 Å². The van der Waals surface area contributed by atoms with Gasteiger partial charge in [0.05, 0.1) is 11.2 Å². The summed E-state index contributed by atoms with van der Waals surface area (Å²) in [5.74, 6) is 1.09. The lowest BCUT2D eigenvalue weighted by molar-refractivity contribution is 0.339. The van der Waals surface area contributed by atoms with Gasteiger partial charge >= 0.3 is 0 Å². The van der Waals surface area contributed by atoms with E-state index >= 15 is 0 Å². The van der Waals surface area contributed by atoms with Crippen molar-refractivity contribution >= 4 is 28.1 Å². The summed E-state index contributed by atoms with van der Waals surface area (Å²) in [6, 6.07) is 12.0. The van der Waals surface area contributed by atoms with Crippen LogP contribution >= 0.6 is 0 Å². The quantitative estimate of drug-likeness (QED) is 0.556. The summed E-state index contributed by atoms with van der Waals surface area (Å²) in [5, 5.41) is 1.19. The number of nitrogens with zero attached hydrogens (tertiary/aromatic N) is 4. The second kappa shape index (κ2) is 7.40. The van der Waals surface area contributed by atoms with E-state index in [0.29, 0.717) is 0 Å². The summed E-state index contributed by atoms with van der Waals surface area (Å²) in [4.78, 5) is 9.96. The van der Waals surface area contributed by atoms with Crippen LogP contribution in [-0.4, -0.2) is 34.9 Å². The molecule has 3 aromatic rings. The molecular weight excluding hydrogens is 387 g/mol. The zero-order valence-corrected chi connectivity index (χ0v) is 18.2. The molecule has 31 heavy (non-hydrogen) atoms. The molecule has 1 fully saturated rings. The molecule has 4 nitrogen and oxygen atoms in total. The second-order valence-electron chi connectivity index (χ2n) is 9.07. The van der Waals surface area contributed by atoms with E-state index in [1.807, 2.05) is 6.07 Å². The van der Waals surface area contributed by atoms with E-state index in [2.05, 4.69) is 39.5 Å². The van der Waals surface area contributed by atoms with Gasteiger partial charge in [0.2, 0.25) is 0 Å². The van der Waals surface area contributed by atoms with E-state index in [4.69, 9.17) is 4.99 Å². The zero-order chi connectivity index (χ0) is 20.9. The molecule has 3 aliphatic rings. The number of anilines is 1. The first-order chi connectivity index (χ1) is 15.2. The van der Waals surface area contributed by atoms with Gasteiger partial charge in [-0.2, -0.15) is 0 Å². The van der Waals surface area contributed by atoms with Crippen LogP contribution < -0.4 is 4.90 Å². The van der Waals surface area contributed by atoms with E-state index in [0.717, 1.165) is 56.8 Å². The van der Waals surface area contributed by atoms with Gasteiger partial charge in [0.15, 0.2) is 0 Å². The minimum Gasteiger partial charge on any atom is -0.367 e. The highest BCUT2D eigenvalue weighted by Gasteiger charge is 2.26. The van der Waals surface area contributed by atoms with Crippen LogP contribution in [0.5, 0.6) is 0 Å². The van der Waals surface area contributed by atoms with E-state index in [1.54, 1.807) is 12.1 Å². The Kier molecular flexibility index (Phi) is 4.51. The van der Waals surface area contributed by atoms with Gasteiger partial charge in [0, 0.05) is 67.9 Å². The zero-order valence-electron chi connectivity index (χ0n) is 18.2. The van der Waals surface area contributed by atoms with Crippen LogP contribution in [0.4, 0.5) is 15.8 Å². The number of benzene rings is 2. The number of aryl methyl sites for hydroxylation is 1. The molecule has 0 saturated carbocycles. The van der Waals surface area contributed by atoms with E-state index in [1.165, 1.54) is 53.0 Å². The van der Waals surface area contributed by atoms with Crippen LogP contribution in [0.25, 0.3) is 10.9 Å². The molecular formula is C26H29FN4. The van der Waals surface area contributed by atoms with Crippen molar-refractivity contribution in [1.82, 2.24) is 9.47 Å². The monoisotopic (exact) mass is 416 g/mol. The Morgan fingerprint density at radius 2 is 1.84 bits per heavy atom. The number of piperidine rings is 1. The molecule has 6 rings (SSSR count). The van der Waals surface area contributed by atoms with E-state index in [9.17, 15) is 4.39 Å². The van der Waals surface area contributed by atoms with Gasteiger partial charge in [-0.15, -0.1) is 0 Å². The molecule has 3 aliphatic heterocycles. The normalized spacial score (nSPS) is 18.3. The highest BCUT2D eigenvalue weighted by atomic mass is 19.1. The van der Waals surface area contributed by atoms with Crippen molar-refractivity contribution in [2.45, 2.75) is 52.1 Å². The van der Waals surface area contributed by atoms with Crippen LogP contribution in [-0.2, 0) is 25.9 Å². The molecule has 0 spiro atoms. The number of halogens is 1. The average molecular weight is 417 g/mol. The molecule has 0 atom stereocenters. The van der Waals surface area contributed by atoms with Gasteiger partial charge < -0.3 is 14.4 Å². The predicted octanol–water partition coefficient (Wildman–Crippen LogP) is 5.44. The lowest BCUT2D eigenvalue weighted by atomic mass is 10.0. The number of aliphatic imine (C=N–C) groups is 1. The third kappa shape index (κ3) is 3.13. The molecule has 1 aromatic heterocycles. The smallest absolute Gasteiger partial charge is 0.125 e. The Labute approximate surface area is 183 Å². The standard InChI is InChI=1S/C26H29FN4/c1-2-31-24-10-13-30(17-22(24)21-9-7-19(27)15-25(21)31)20-8-6-18-14-26(28-23(18)16-20)29-11-4-3-5-12-29/h6-9,15-16H,2-5,10-14,17H2,1H3. The van der Waals surface area contributed by atoms with E-state index in [-0.39, 0.29) is 5.82 Å². The summed E-state index contributed by atoms with van der Waals surface area (Å²) in [5.41, 5.74) is 7.47. The Hall–Kier alpha value is -2.82. The largest absolute Gasteiger partial charge is 0.367 e. The first kappa shape index (κ1) is 18.9. The summed E-state index contributed by atoms with van der Waals surface area (Å²) >= 11 is 0. The second-order valence-corrected chi connectivity index (χ2v) is 9.07. The molecule has 4 heterocycles. The molecule has 5 heteroatoms. The Balaban J connectivity index is 1.31. The summed E-state index contributed by atoms with van der Waals surface area (Å²) < 4.78 is 16.2. The van der Waals surface area contributed by atoms with Crippen molar-refractivity contribution in [2.24, 2.45) is 4.99 Å². The molecule has 0 unspecified atom stereocenters. The molecule has 1 saturated heterocycles. The minimum atomic E-state index is -0.158. The van der Waals surface area contributed by atoms with Gasteiger partial charge in [-0.1, -0.05) is 6.07 Å². The van der Waals surface area contributed by atoms with Gasteiger partial charge in [-0.05, 0) is 62.1 Å². The summed E-state index contributed by atoms with van der Waals surface area (Å²) in [6.07, 6.45) is 5.87. The van der Waals surface area contributed by atoms with Gasteiger partial charge in [0.25, 0.3) is 0 Å². The highest BCUT2D eigenvalue weighted by molar-refractivity contribution is 5.93. The lowest BCUT2D eigenvalue weighted by Crippen LogP contribution is -2.35. The molecule has 2 aromatic carbocycles. The molecule has 0 radical (unpaired) electrons. The first-order valence-electron chi connectivity index (χ1n) is 11.7. The Morgan fingerprint density at radius 1 is 0.968 bits per heavy atom. The van der Waals surface area contributed by atoms with Crippen molar-refractivity contribution in [3.8, 4) is 0 Å². The highest BCUT2D eigenvalue weighted by Crippen LogP contribution is 2.37.